The monoisotopic (exact) mass is 838 g/mol. The molecule has 0 unspecified atom stereocenters. The molecule has 0 N–H and O–H groups in total. The number of hydrogen-bond acceptors (Lipinski definition) is 6. The van der Waals surface area contributed by atoms with Crippen LogP contribution in [0.5, 0.6) is 0 Å². The van der Waals surface area contributed by atoms with Crippen LogP contribution in [0.3, 0.4) is 0 Å². The predicted octanol–water partition coefficient (Wildman–Crippen LogP) is 13.8. The van der Waals surface area contributed by atoms with E-state index in [9.17, 15) is 20.2 Å². The molecule has 6 rings (SSSR count). The van der Waals surface area contributed by atoms with Crippen LogP contribution in [0.15, 0.2) is 82.4 Å². The summed E-state index contributed by atoms with van der Waals surface area (Å²) < 4.78 is 3.53. The van der Waals surface area contributed by atoms with Crippen molar-refractivity contribution in [3.63, 3.8) is 0 Å². The minimum absolute atomic E-state index is 0.0133. The number of aryl methyl sites for hydroxylation is 2. The fraction of sp³-hybridized carbons (Fsp3) is 0.423. The van der Waals surface area contributed by atoms with Crippen LogP contribution < -0.4 is 11.1 Å². The number of nitrogens with zero attached hydrogens (tertiary/aromatic N) is 4. The summed E-state index contributed by atoms with van der Waals surface area (Å²) in [4.78, 5) is 51.9. The van der Waals surface area contributed by atoms with Crippen molar-refractivity contribution in [3.05, 3.63) is 147 Å². The van der Waals surface area contributed by atoms with Crippen molar-refractivity contribution in [2.24, 2.45) is 0 Å². The van der Waals surface area contributed by atoms with E-state index < -0.39 is 9.85 Å². The molecule has 0 bridgehead atoms. The summed E-state index contributed by atoms with van der Waals surface area (Å²) >= 11 is 0. The van der Waals surface area contributed by atoms with E-state index in [1.54, 1.807) is 33.1 Å². The second-order valence-electron chi connectivity index (χ2n) is 16.8. The van der Waals surface area contributed by atoms with Gasteiger partial charge in [0.25, 0.3) is 22.5 Å². The van der Waals surface area contributed by atoms with Crippen molar-refractivity contribution in [3.8, 4) is 0 Å². The fourth-order valence-corrected chi connectivity index (χ4v) is 8.85. The minimum Gasteiger partial charge on any atom is -0.277 e. The molecule has 326 valence electrons. The molecule has 10 nitrogen and oxygen atoms in total. The number of non-ortho nitro benzene ring substituents is 2. The summed E-state index contributed by atoms with van der Waals surface area (Å²) in [6, 6.07) is 20.4. The lowest BCUT2D eigenvalue weighted by molar-refractivity contribution is -0.385. The smallest absolute Gasteiger partial charge is 0.269 e. The van der Waals surface area contributed by atoms with Gasteiger partial charge in [-0.25, -0.2) is 0 Å². The Labute approximate surface area is 364 Å². The molecule has 2 aromatic carbocycles. The molecule has 0 fully saturated rings. The first-order valence-corrected chi connectivity index (χ1v) is 23.1. The molecule has 6 aromatic rings. The molecule has 0 aliphatic rings. The molecule has 0 radical (unpaired) electrons. The number of pyridine rings is 2. The molecule has 0 atom stereocenters. The molecule has 0 saturated heterocycles. The van der Waals surface area contributed by atoms with E-state index in [0.717, 1.165) is 71.8 Å². The number of aromatic nitrogens is 2. The normalized spacial score (nSPS) is 12.0. The Morgan fingerprint density at radius 2 is 0.758 bits per heavy atom. The van der Waals surface area contributed by atoms with Gasteiger partial charge >= 0.3 is 0 Å². The van der Waals surface area contributed by atoms with Gasteiger partial charge < -0.3 is 0 Å². The third-order valence-electron chi connectivity index (χ3n) is 12.3. The Bertz CT molecular complexity index is 2420. The highest BCUT2D eigenvalue weighted by Gasteiger charge is 2.23. The van der Waals surface area contributed by atoms with Crippen LogP contribution in [0, 0.1) is 20.2 Å². The summed E-state index contributed by atoms with van der Waals surface area (Å²) in [7, 11) is 0. The summed E-state index contributed by atoms with van der Waals surface area (Å²) in [5.74, 6) is 0. The molecule has 62 heavy (non-hydrogen) atoms. The maximum atomic E-state index is 15.1. The van der Waals surface area contributed by atoms with Crippen LogP contribution >= 0.6 is 0 Å². The van der Waals surface area contributed by atoms with Gasteiger partial charge in [-0.1, -0.05) is 129 Å². The van der Waals surface area contributed by atoms with Gasteiger partial charge in [0.1, 0.15) is 0 Å². The Morgan fingerprint density at radius 1 is 0.435 bits per heavy atom. The van der Waals surface area contributed by atoms with Crippen LogP contribution in [-0.4, -0.2) is 18.6 Å². The average Bonchev–Trinajstić information content (AvgIpc) is 3.91. The second kappa shape index (κ2) is 22.8. The number of nitro benzene ring substituents is 2. The number of nitro groups is 2. The van der Waals surface area contributed by atoms with Gasteiger partial charge in [0.2, 0.25) is 0 Å². The number of unbranched alkanes of at least 4 members (excludes halogenated alkanes) is 16. The van der Waals surface area contributed by atoms with Crippen molar-refractivity contribution in [2.45, 2.75) is 142 Å². The van der Waals surface area contributed by atoms with Crippen molar-refractivity contribution < 1.29 is 9.85 Å². The summed E-state index contributed by atoms with van der Waals surface area (Å²) in [5, 5.41) is 23.5. The quantitative estimate of drug-likeness (QED) is 0.0304. The molecule has 0 saturated carbocycles. The average molecular weight is 839 g/mol. The minimum atomic E-state index is -0.422. The lowest BCUT2D eigenvalue weighted by Crippen LogP contribution is -2.25. The molecule has 0 aliphatic heterocycles. The second-order valence-corrected chi connectivity index (χ2v) is 16.8. The van der Waals surface area contributed by atoms with E-state index in [4.69, 9.17) is 0 Å². The first-order chi connectivity index (χ1) is 30.2. The van der Waals surface area contributed by atoms with Gasteiger partial charge in [0, 0.05) is 35.7 Å². The number of benzene rings is 2. The third-order valence-corrected chi connectivity index (χ3v) is 12.3. The van der Waals surface area contributed by atoms with Crippen LogP contribution in [0.4, 0.5) is 11.4 Å². The Hall–Kier alpha value is -5.90. The Kier molecular flexibility index (Phi) is 16.8. The Balaban J connectivity index is 1.44. The molecule has 0 amide bonds. The lowest BCUT2D eigenvalue weighted by Gasteiger charge is -2.16. The number of fused-ring (bicyclic) bond motifs is 3. The van der Waals surface area contributed by atoms with Crippen molar-refractivity contribution >= 4 is 57.5 Å². The van der Waals surface area contributed by atoms with Gasteiger partial charge in [0.15, 0.2) is 0 Å². The van der Waals surface area contributed by atoms with E-state index in [0.29, 0.717) is 35.0 Å². The highest BCUT2D eigenvalue weighted by molar-refractivity contribution is 5.96. The van der Waals surface area contributed by atoms with Gasteiger partial charge in [-0.05, 0) is 109 Å². The summed E-state index contributed by atoms with van der Waals surface area (Å²) in [5.41, 5.74) is 5.73. The van der Waals surface area contributed by atoms with Crippen molar-refractivity contribution in [1.29, 1.82) is 0 Å². The van der Waals surface area contributed by atoms with Gasteiger partial charge in [-0.2, -0.15) is 0 Å². The van der Waals surface area contributed by atoms with Gasteiger partial charge in [-0.3, -0.25) is 38.6 Å². The predicted molar refractivity (Wildman–Crippen MR) is 255 cm³/mol. The zero-order valence-corrected chi connectivity index (χ0v) is 36.6. The molecule has 4 aromatic heterocycles. The van der Waals surface area contributed by atoms with E-state index >= 15 is 9.59 Å². The van der Waals surface area contributed by atoms with Gasteiger partial charge in [-0.15, -0.1) is 0 Å². The molecule has 10 heteroatoms. The molecule has 0 aliphatic carbocycles. The lowest BCUT2D eigenvalue weighted by atomic mass is 9.95. The van der Waals surface area contributed by atoms with Crippen molar-refractivity contribution in [1.82, 2.24) is 8.80 Å². The van der Waals surface area contributed by atoms with Crippen LogP contribution in [-0.2, 0) is 12.8 Å². The molecular weight excluding hydrogens is 777 g/mol. The highest BCUT2D eigenvalue weighted by Crippen LogP contribution is 2.30. The van der Waals surface area contributed by atoms with E-state index in [-0.39, 0.29) is 22.5 Å². The first-order valence-electron chi connectivity index (χ1n) is 23.1. The number of hydrogen-bond donors (Lipinski definition) is 0. The van der Waals surface area contributed by atoms with Crippen LogP contribution in [0.25, 0.3) is 46.1 Å². The molecule has 0 spiro atoms. The maximum absolute atomic E-state index is 15.1. The van der Waals surface area contributed by atoms with Crippen molar-refractivity contribution in [2.75, 3.05) is 0 Å². The molecule has 4 heterocycles. The summed E-state index contributed by atoms with van der Waals surface area (Å²) in [6.07, 6.45) is 29.8. The zero-order valence-electron chi connectivity index (χ0n) is 36.6. The Morgan fingerprint density at radius 3 is 1.08 bits per heavy atom. The fourth-order valence-electron chi connectivity index (χ4n) is 8.85. The van der Waals surface area contributed by atoms with Crippen LogP contribution in [0.2, 0.25) is 0 Å². The van der Waals surface area contributed by atoms with Gasteiger partial charge in [0.05, 0.1) is 31.7 Å². The SMILES string of the molecule is CCCCCCCCCCCc1c2c(=O)n3c(/C=C/c4ccc([N+](=O)[O-])cc4)ccc3c(CCCCCCCCCCC)c2c(=O)n2c(/C=C/c3ccc([N+](=O)[O-])cc3)ccc12. The maximum Gasteiger partial charge on any atom is 0.269 e. The topological polar surface area (TPSA) is 129 Å². The molecular formula is C52H62N4O6. The standard InChI is InChI=1S/C52H62N4O6/c1-3-5-7-9-11-13-15-17-19-21-45-47-37-35-41(29-23-39-25-31-43(32-26-39)55(59)60)53(47)52(58)50-46(22-20-18-16-14-12-10-8-6-4-2)48-38-36-42(54(48)51(57)49(45)50)30-24-40-27-33-44(34-28-40)56(61)62/h23-38H,3-22H2,1-2H3/b29-23+,30-24+. The third kappa shape index (κ3) is 11.3. The number of rotatable bonds is 26. The van der Waals surface area contributed by atoms with E-state index in [1.807, 2.05) is 48.6 Å². The van der Waals surface area contributed by atoms with Crippen LogP contribution in [0.1, 0.15) is 163 Å². The first kappa shape index (κ1) is 45.6. The zero-order chi connectivity index (χ0) is 43.8. The highest BCUT2D eigenvalue weighted by atomic mass is 16.6. The largest absolute Gasteiger partial charge is 0.277 e. The summed E-state index contributed by atoms with van der Waals surface area (Å²) in [6.45, 7) is 4.47. The van der Waals surface area contributed by atoms with E-state index in [2.05, 4.69) is 13.8 Å². The van der Waals surface area contributed by atoms with E-state index in [1.165, 1.54) is 101 Å².